The first-order valence-electron chi connectivity index (χ1n) is 9.37. The van der Waals surface area contributed by atoms with Crippen LogP contribution in [0.15, 0.2) is 54.7 Å². The zero-order valence-electron chi connectivity index (χ0n) is 14.9. The van der Waals surface area contributed by atoms with Crippen molar-refractivity contribution in [3.63, 3.8) is 0 Å². The number of nitrogens with two attached hydrogens (primary N) is 1. The van der Waals surface area contributed by atoms with Crippen LogP contribution in [0.5, 0.6) is 0 Å². The third kappa shape index (κ3) is 3.25. The number of H-pyrrole nitrogens is 1. The van der Waals surface area contributed by atoms with Crippen LogP contribution in [0.3, 0.4) is 0 Å². The minimum Gasteiger partial charge on any atom is -0.361 e. The lowest BCUT2D eigenvalue weighted by Crippen LogP contribution is -2.40. The van der Waals surface area contributed by atoms with Gasteiger partial charge in [0.1, 0.15) is 0 Å². The number of nitrogens with one attached hydrogen (secondary N) is 1. The maximum Gasteiger partial charge on any atom is 0.223 e. The van der Waals surface area contributed by atoms with Crippen molar-refractivity contribution in [2.45, 2.75) is 38.3 Å². The number of rotatable bonds is 6. The van der Waals surface area contributed by atoms with Gasteiger partial charge in [-0.15, -0.1) is 0 Å². The zero-order chi connectivity index (χ0) is 17.9. The van der Waals surface area contributed by atoms with Gasteiger partial charge in [-0.2, -0.15) is 0 Å². The molecule has 0 atom stereocenters. The van der Waals surface area contributed by atoms with Gasteiger partial charge < -0.3 is 15.6 Å². The molecule has 134 valence electrons. The predicted molar refractivity (Wildman–Crippen MR) is 105 cm³/mol. The Labute approximate surface area is 154 Å². The summed E-state index contributed by atoms with van der Waals surface area (Å²) in [5.41, 5.74) is 10.7. The number of para-hydroxylation sites is 1. The Bertz CT molecular complexity index is 889. The highest BCUT2D eigenvalue weighted by Gasteiger charge is 2.30. The molecular formula is C22H25N3O. The highest BCUT2D eigenvalue weighted by molar-refractivity contribution is 5.84. The number of amides is 1. The molecule has 1 aliphatic rings. The van der Waals surface area contributed by atoms with Crippen LogP contribution in [0.2, 0.25) is 0 Å². The summed E-state index contributed by atoms with van der Waals surface area (Å²) in [5.74, 6) is 0.207. The van der Waals surface area contributed by atoms with Gasteiger partial charge in [-0.1, -0.05) is 42.5 Å². The summed E-state index contributed by atoms with van der Waals surface area (Å²) in [4.78, 5) is 18.4. The second-order valence-corrected chi connectivity index (χ2v) is 7.10. The lowest BCUT2D eigenvalue weighted by atomic mass is 10.1. The largest absolute Gasteiger partial charge is 0.361 e. The predicted octanol–water partition coefficient (Wildman–Crippen LogP) is 3.40. The highest BCUT2D eigenvalue weighted by atomic mass is 16.2. The van der Waals surface area contributed by atoms with Crippen LogP contribution in [0, 0.1) is 0 Å². The summed E-state index contributed by atoms with van der Waals surface area (Å²) in [5, 5.41) is 1.19. The fraction of sp³-hybridized carbons (Fsp3) is 0.318. The molecule has 4 nitrogen and oxygen atoms in total. The molecule has 4 rings (SSSR count). The van der Waals surface area contributed by atoms with Crippen molar-refractivity contribution in [1.82, 2.24) is 9.88 Å². The van der Waals surface area contributed by atoms with E-state index in [-0.39, 0.29) is 11.9 Å². The summed E-state index contributed by atoms with van der Waals surface area (Å²) in [6.45, 7) is 1.20. The van der Waals surface area contributed by atoms with Crippen molar-refractivity contribution in [3.05, 3.63) is 71.4 Å². The number of carbonyl (C=O) groups excluding carboxylic acids is 1. The van der Waals surface area contributed by atoms with Gasteiger partial charge in [-0.3, -0.25) is 4.79 Å². The fourth-order valence-electron chi connectivity index (χ4n) is 4.02. The number of aromatic amines is 1. The van der Waals surface area contributed by atoms with E-state index in [4.69, 9.17) is 5.73 Å². The molecule has 1 amide bonds. The smallest absolute Gasteiger partial charge is 0.223 e. The van der Waals surface area contributed by atoms with E-state index in [1.807, 2.05) is 18.3 Å². The second-order valence-electron chi connectivity index (χ2n) is 7.10. The van der Waals surface area contributed by atoms with Crippen molar-refractivity contribution in [3.8, 4) is 0 Å². The number of fused-ring (bicyclic) bond motifs is 2. The molecule has 0 fully saturated rings. The lowest BCUT2D eigenvalue weighted by molar-refractivity contribution is -0.134. The normalized spacial score (nSPS) is 13.9. The van der Waals surface area contributed by atoms with Crippen LogP contribution >= 0.6 is 0 Å². The number of benzene rings is 2. The van der Waals surface area contributed by atoms with Crippen LogP contribution in [0.1, 0.15) is 29.5 Å². The van der Waals surface area contributed by atoms with E-state index in [0.29, 0.717) is 19.5 Å². The highest BCUT2D eigenvalue weighted by Crippen LogP contribution is 2.28. The molecule has 0 aliphatic heterocycles. The summed E-state index contributed by atoms with van der Waals surface area (Å²) >= 11 is 0. The van der Waals surface area contributed by atoms with Crippen LogP contribution in [-0.2, 0) is 24.2 Å². The van der Waals surface area contributed by atoms with Crippen molar-refractivity contribution >= 4 is 16.8 Å². The first-order valence-corrected chi connectivity index (χ1v) is 9.37. The fourth-order valence-corrected chi connectivity index (χ4v) is 4.02. The maximum absolute atomic E-state index is 13.0. The van der Waals surface area contributed by atoms with Gasteiger partial charge in [-0.25, -0.2) is 0 Å². The van der Waals surface area contributed by atoms with Crippen LogP contribution in [-0.4, -0.2) is 28.4 Å². The van der Waals surface area contributed by atoms with Gasteiger partial charge >= 0.3 is 0 Å². The molecule has 26 heavy (non-hydrogen) atoms. The van der Waals surface area contributed by atoms with Gasteiger partial charge in [0, 0.05) is 36.1 Å². The third-order valence-corrected chi connectivity index (χ3v) is 5.40. The van der Waals surface area contributed by atoms with E-state index in [0.717, 1.165) is 24.8 Å². The number of carbonyl (C=O) groups is 1. The van der Waals surface area contributed by atoms with Gasteiger partial charge in [0.15, 0.2) is 0 Å². The minimum atomic E-state index is 0.207. The number of aromatic nitrogens is 1. The van der Waals surface area contributed by atoms with Gasteiger partial charge in [-0.05, 0) is 48.6 Å². The van der Waals surface area contributed by atoms with E-state index in [2.05, 4.69) is 46.3 Å². The zero-order valence-corrected chi connectivity index (χ0v) is 14.9. The average molecular weight is 347 g/mol. The molecule has 1 aromatic heterocycles. The Balaban J connectivity index is 1.60. The Morgan fingerprint density at radius 3 is 2.50 bits per heavy atom. The summed E-state index contributed by atoms with van der Waals surface area (Å²) in [6.07, 6.45) is 5.17. The molecule has 0 radical (unpaired) electrons. The van der Waals surface area contributed by atoms with E-state index < -0.39 is 0 Å². The molecule has 1 aliphatic carbocycles. The molecule has 4 heteroatoms. The Morgan fingerprint density at radius 2 is 1.77 bits per heavy atom. The van der Waals surface area contributed by atoms with Crippen molar-refractivity contribution < 1.29 is 4.79 Å². The molecule has 1 heterocycles. The van der Waals surface area contributed by atoms with Crippen LogP contribution in [0.4, 0.5) is 0 Å². The first kappa shape index (κ1) is 16.9. The molecule has 3 N–H and O–H groups in total. The topological polar surface area (TPSA) is 62.1 Å². The second kappa shape index (κ2) is 7.34. The number of hydrogen-bond acceptors (Lipinski definition) is 2. The molecule has 2 aromatic carbocycles. The minimum absolute atomic E-state index is 0.207. The Kier molecular flexibility index (Phi) is 4.76. The standard InChI is InChI=1S/C22H25N3O/c23-11-5-10-22(26)25(19-12-16-6-1-2-7-17(16)13-19)15-18-14-24-21-9-4-3-8-20(18)21/h1-4,6-9,14,19,24H,5,10-13,15,23H2. The first-order chi connectivity index (χ1) is 12.8. The van der Waals surface area contributed by atoms with Crippen molar-refractivity contribution in [2.24, 2.45) is 5.73 Å². The SMILES string of the molecule is NCCCC(=O)N(Cc1c[nH]c2ccccc12)C1Cc2ccccc2C1. The number of hydrogen-bond donors (Lipinski definition) is 2. The molecule has 3 aromatic rings. The molecule has 0 saturated carbocycles. The maximum atomic E-state index is 13.0. The van der Waals surface area contributed by atoms with Crippen LogP contribution < -0.4 is 5.73 Å². The molecule has 0 spiro atoms. The molecule has 0 bridgehead atoms. The summed E-state index contributed by atoms with van der Waals surface area (Å²) < 4.78 is 0. The monoisotopic (exact) mass is 347 g/mol. The van der Waals surface area contributed by atoms with Crippen molar-refractivity contribution in [1.29, 1.82) is 0 Å². The summed E-state index contributed by atoms with van der Waals surface area (Å²) in [6, 6.07) is 17.0. The van der Waals surface area contributed by atoms with E-state index in [1.165, 1.54) is 22.1 Å². The van der Waals surface area contributed by atoms with Crippen LogP contribution in [0.25, 0.3) is 10.9 Å². The van der Waals surface area contributed by atoms with Gasteiger partial charge in [0.2, 0.25) is 5.91 Å². The Morgan fingerprint density at radius 1 is 1.08 bits per heavy atom. The average Bonchev–Trinajstić information content (AvgIpc) is 3.28. The quantitative estimate of drug-likeness (QED) is 0.718. The van der Waals surface area contributed by atoms with Gasteiger partial charge in [0.05, 0.1) is 0 Å². The molecule has 0 unspecified atom stereocenters. The lowest BCUT2D eigenvalue weighted by Gasteiger charge is -2.29. The summed E-state index contributed by atoms with van der Waals surface area (Å²) in [7, 11) is 0. The van der Waals surface area contributed by atoms with Gasteiger partial charge in [0.25, 0.3) is 0 Å². The molecular weight excluding hydrogens is 322 g/mol. The number of nitrogens with zero attached hydrogens (tertiary/aromatic N) is 1. The molecule has 0 saturated heterocycles. The van der Waals surface area contributed by atoms with E-state index >= 15 is 0 Å². The van der Waals surface area contributed by atoms with E-state index in [1.54, 1.807) is 0 Å². The third-order valence-electron chi connectivity index (χ3n) is 5.40. The van der Waals surface area contributed by atoms with E-state index in [9.17, 15) is 4.79 Å². The Hall–Kier alpha value is -2.59. The van der Waals surface area contributed by atoms with Crippen molar-refractivity contribution in [2.75, 3.05) is 6.54 Å².